The molecule has 2 unspecified atom stereocenters. The van der Waals surface area contributed by atoms with E-state index in [9.17, 15) is 27.6 Å². The molecule has 2 atom stereocenters. The van der Waals surface area contributed by atoms with Gasteiger partial charge in [0, 0.05) is 41.5 Å². The number of halogens is 3. The molecule has 1 aromatic heterocycles. The van der Waals surface area contributed by atoms with Crippen molar-refractivity contribution in [1.82, 2.24) is 10.3 Å². The second kappa shape index (κ2) is 12.0. The second-order valence-electron chi connectivity index (χ2n) is 11.3. The van der Waals surface area contributed by atoms with Crippen LogP contribution < -0.4 is 16.0 Å². The average Bonchev–Trinajstić information content (AvgIpc) is 3.42. The molecule has 0 bridgehead atoms. The maximum absolute atomic E-state index is 13.5. The van der Waals surface area contributed by atoms with Gasteiger partial charge in [-0.1, -0.05) is 36.4 Å². The minimum absolute atomic E-state index is 0.0119. The summed E-state index contributed by atoms with van der Waals surface area (Å²) in [5, 5.41) is 8.71. The maximum Gasteiger partial charge on any atom is 0.270 e. The summed E-state index contributed by atoms with van der Waals surface area (Å²) < 4.78 is 40.3. The molecule has 0 aliphatic carbocycles. The van der Waals surface area contributed by atoms with Crippen molar-refractivity contribution in [2.45, 2.75) is 58.4 Å². The quantitative estimate of drug-likeness (QED) is 0.169. The van der Waals surface area contributed by atoms with Crippen LogP contribution in [0, 0.1) is 19.7 Å². The summed E-state index contributed by atoms with van der Waals surface area (Å²) in [6, 6.07) is 16.3. The number of alkyl halides is 2. The normalized spacial score (nSPS) is 15.0. The van der Waals surface area contributed by atoms with Crippen LogP contribution in [0.2, 0.25) is 0 Å². The van der Waals surface area contributed by atoms with Crippen molar-refractivity contribution in [1.29, 1.82) is 0 Å². The highest BCUT2D eigenvalue weighted by molar-refractivity contribution is 6.05. The first kappa shape index (κ1) is 30.6. The average molecular weight is 603 g/mol. The second-order valence-corrected chi connectivity index (χ2v) is 11.3. The minimum atomic E-state index is -2.95. The van der Waals surface area contributed by atoms with Crippen molar-refractivity contribution in [3.05, 3.63) is 117 Å². The number of aryl methyl sites for hydroxylation is 1. The third-order valence-electron chi connectivity index (χ3n) is 8.02. The van der Waals surface area contributed by atoms with Crippen molar-refractivity contribution in [3.8, 4) is 0 Å². The maximum atomic E-state index is 13.5. The number of amides is 3. The molecule has 10 heteroatoms. The summed E-state index contributed by atoms with van der Waals surface area (Å²) in [4.78, 5) is 42.2. The molecule has 1 aliphatic rings. The molecule has 4 aromatic rings. The molecule has 228 valence electrons. The summed E-state index contributed by atoms with van der Waals surface area (Å²) in [6.45, 7) is 6.30. The number of aromatic nitrogens is 1. The van der Waals surface area contributed by atoms with Gasteiger partial charge in [-0.2, -0.15) is 0 Å². The van der Waals surface area contributed by atoms with E-state index in [2.05, 4.69) is 20.9 Å². The Bertz CT molecular complexity index is 1720. The minimum Gasteiger partial charge on any atom is -0.360 e. The Kier molecular flexibility index (Phi) is 8.36. The lowest BCUT2D eigenvalue weighted by Gasteiger charge is -2.15. The first-order chi connectivity index (χ1) is 20.8. The first-order valence-electron chi connectivity index (χ1n) is 14.3. The summed E-state index contributed by atoms with van der Waals surface area (Å²) in [6.07, 6.45) is 0.323. The topological polar surface area (TPSA) is 103 Å². The van der Waals surface area contributed by atoms with Crippen LogP contribution in [-0.2, 0) is 28.4 Å². The smallest absolute Gasteiger partial charge is 0.270 e. The Morgan fingerprint density at radius 1 is 1.00 bits per heavy atom. The third kappa shape index (κ3) is 6.54. The fraction of sp³-hybridized carbons (Fsp3) is 0.265. The van der Waals surface area contributed by atoms with Gasteiger partial charge in [-0.25, -0.2) is 13.2 Å². The molecular formula is C34H33F3N4O3. The number of anilines is 2. The Morgan fingerprint density at radius 2 is 1.68 bits per heavy atom. The van der Waals surface area contributed by atoms with E-state index in [1.165, 1.54) is 36.4 Å². The van der Waals surface area contributed by atoms with Gasteiger partial charge in [-0.15, -0.1) is 0 Å². The summed E-state index contributed by atoms with van der Waals surface area (Å²) in [7, 11) is 0. The Hall–Kier alpha value is -4.86. The number of aromatic amines is 1. The van der Waals surface area contributed by atoms with Gasteiger partial charge >= 0.3 is 0 Å². The number of carbonyl (C=O) groups excluding carboxylic acids is 3. The molecule has 0 fully saturated rings. The summed E-state index contributed by atoms with van der Waals surface area (Å²) in [5.41, 5.74) is 5.82. The Balaban J connectivity index is 1.28. The number of benzene rings is 3. The zero-order chi connectivity index (χ0) is 31.8. The van der Waals surface area contributed by atoms with E-state index in [1.807, 2.05) is 20.8 Å². The lowest BCUT2D eigenvalue weighted by atomic mass is 9.93. The monoisotopic (exact) mass is 602 g/mol. The van der Waals surface area contributed by atoms with E-state index in [0.29, 0.717) is 40.2 Å². The highest BCUT2D eigenvalue weighted by atomic mass is 19.3. The van der Waals surface area contributed by atoms with Crippen molar-refractivity contribution >= 4 is 29.1 Å². The predicted molar refractivity (Wildman–Crippen MR) is 162 cm³/mol. The van der Waals surface area contributed by atoms with Crippen LogP contribution >= 0.6 is 0 Å². The molecule has 0 saturated heterocycles. The van der Waals surface area contributed by atoms with Crippen LogP contribution in [0.1, 0.15) is 75.4 Å². The molecule has 0 saturated carbocycles. The van der Waals surface area contributed by atoms with Crippen molar-refractivity contribution in [2.75, 3.05) is 10.6 Å². The molecule has 0 radical (unpaired) electrons. The van der Waals surface area contributed by atoms with E-state index >= 15 is 0 Å². The van der Waals surface area contributed by atoms with Crippen LogP contribution in [0.5, 0.6) is 0 Å². The van der Waals surface area contributed by atoms with Gasteiger partial charge in [0.05, 0.1) is 24.1 Å². The lowest BCUT2D eigenvalue weighted by Crippen LogP contribution is -2.26. The van der Waals surface area contributed by atoms with E-state index in [1.54, 1.807) is 30.3 Å². The molecule has 3 aromatic carbocycles. The van der Waals surface area contributed by atoms with Crippen molar-refractivity contribution in [3.63, 3.8) is 0 Å². The number of hydrogen-bond donors (Lipinski definition) is 4. The number of carbonyl (C=O) groups is 3. The van der Waals surface area contributed by atoms with Gasteiger partial charge in [0.2, 0.25) is 11.8 Å². The molecule has 7 nitrogen and oxygen atoms in total. The van der Waals surface area contributed by atoms with Crippen LogP contribution in [0.3, 0.4) is 0 Å². The number of H-pyrrole nitrogens is 1. The van der Waals surface area contributed by atoms with Gasteiger partial charge in [0.1, 0.15) is 5.82 Å². The summed E-state index contributed by atoms with van der Waals surface area (Å²) >= 11 is 0. The number of nitrogens with one attached hydrogen (secondary N) is 4. The largest absolute Gasteiger partial charge is 0.360 e. The lowest BCUT2D eigenvalue weighted by molar-refractivity contribution is -0.117. The van der Waals surface area contributed by atoms with Crippen LogP contribution in [0.15, 0.2) is 66.7 Å². The van der Waals surface area contributed by atoms with Crippen LogP contribution in [-0.4, -0.2) is 22.7 Å². The SMILES string of the molecule is Cc1[nH]c(CC2C(=O)Nc3ccc(C(=O)NC(C)c4ccc(F)cc4)cc32)c(C)c1NC(=O)Cc1ccc(C(C)(F)F)cc1. The zero-order valence-electron chi connectivity index (χ0n) is 24.8. The molecule has 44 heavy (non-hydrogen) atoms. The Labute approximate surface area is 253 Å². The molecule has 1 aliphatic heterocycles. The third-order valence-corrected chi connectivity index (χ3v) is 8.02. The van der Waals surface area contributed by atoms with E-state index in [4.69, 9.17) is 0 Å². The highest BCUT2D eigenvalue weighted by Gasteiger charge is 2.33. The fourth-order valence-electron chi connectivity index (χ4n) is 5.48. The molecule has 0 spiro atoms. The zero-order valence-corrected chi connectivity index (χ0v) is 24.8. The van der Waals surface area contributed by atoms with Crippen molar-refractivity contribution in [2.24, 2.45) is 0 Å². The van der Waals surface area contributed by atoms with Gasteiger partial charge in [0.15, 0.2) is 0 Å². The Morgan fingerprint density at radius 3 is 2.34 bits per heavy atom. The first-order valence-corrected chi connectivity index (χ1v) is 14.3. The molecular weight excluding hydrogens is 569 g/mol. The van der Waals surface area contributed by atoms with Crippen LogP contribution in [0.25, 0.3) is 0 Å². The van der Waals surface area contributed by atoms with Gasteiger partial charge in [0.25, 0.3) is 11.8 Å². The molecule has 3 amide bonds. The van der Waals surface area contributed by atoms with E-state index in [-0.39, 0.29) is 41.6 Å². The highest BCUT2D eigenvalue weighted by Crippen LogP contribution is 2.37. The summed E-state index contributed by atoms with van der Waals surface area (Å²) in [5.74, 6) is -4.70. The fourth-order valence-corrected chi connectivity index (χ4v) is 5.48. The number of fused-ring (bicyclic) bond motifs is 1. The molecule has 4 N–H and O–H groups in total. The van der Waals surface area contributed by atoms with Gasteiger partial charge in [-0.05, 0) is 73.4 Å². The number of rotatable bonds is 9. The van der Waals surface area contributed by atoms with E-state index < -0.39 is 11.8 Å². The molecule has 2 heterocycles. The molecule has 5 rings (SSSR count). The van der Waals surface area contributed by atoms with Gasteiger partial charge in [-0.3, -0.25) is 14.4 Å². The van der Waals surface area contributed by atoms with E-state index in [0.717, 1.165) is 23.7 Å². The van der Waals surface area contributed by atoms with Gasteiger partial charge < -0.3 is 20.9 Å². The predicted octanol–water partition coefficient (Wildman–Crippen LogP) is 6.83. The number of hydrogen-bond acceptors (Lipinski definition) is 3. The van der Waals surface area contributed by atoms with Crippen molar-refractivity contribution < 1.29 is 27.6 Å². The standard InChI is InChI=1S/C34H33F3N4O3/c1-18-29(38-20(3)31(18)41-30(42)15-21-5-10-24(11-6-21)34(4,36)37)17-27-26-16-23(9-14-28(26)40-33(27)44)32(43)39-19(2)22-7-12-25(35)13-8-22/h5-14,16,19,27,38H,15,17H2,1-4H3,(H,39,43)(H,40,44)(H,41,42). The van der Waals surface area contributed by atoms with Crippen LogP contribution in [0.4, 0.5) is 24.5 Å².